The molecule has 4 rings (SSSR count). The lowest BCUT2D eigenvalue weighted by Gasteiger charge is -2.37. The average Bonchev–Trinajstić information content (AvgIpc) is 3.05. The van der Waals surface area contributed by atoms with Gasteiger partial charge in [0.25, 0.3) is 0 Å². The zero-order chi connectivity index (χ0) is 12.8. The summed E-state index contributed by atoms with van der Waals surface area (Å²) in [5.74, 6) is 0.236. The number of thiazole rings is 1. The molecule has 2 aliphatic carbocycles. The molecule has 0 aromatic carbocycles. The minimum atomic E-state index is 0.236. The molecule has 19 heavy (non-hydrogen) atoms. The minimum absolute atomic E-state index is 0.236. The Morgan fingerprint density at radius 2 is 2.21 bits per heavy atom. The molecule has 1 saturated carbocycles. The largest absolute Gasteiger partial charge is 0.374 e. The van der Waals surface area contributed by atoms with Gasteiger partial charge < -0.3 is 9.64 Å². The van der Waals surface area contributed by atoms with Gasteiger partial charge in [0.2, 0.25) is 0 Å². The Labute approximate surface area is 116 Å². The predicted octanol–water partition coefficient (Wildman–Crippen LogP) is 2.42. The van der Waals surface area contributed by atoms with Crippen LogP contribution in [-0.2, 0) is 11.2 Å². The van der Waals surface area contributed by atoms with Gasteiger partial charge in [-0.15, -0.1) is 11.3 Å². The summed E-state index contributed by atoms with van der Waals surface area (Å²) in [6.45, 7) is 1.71. The SMILES string of the molecule is O=C1CCCc2sc(N3CCOC4CCCC43)nc21. The molecule has 1 aromatic rings. The molecule has 3 aliphatic rings. The molecule has 102 valence electrons. The third kappa shape index (κ3) is 1.91. The van der Waals surface area contributed by atoms with Crippen LogP contribution in [0.15, 0.2) is 0 Å². The predicted molar refractivity (Wildman–Crippen MR) is 74.1 cm³/mol. The fourth-order valence-corrected chi connectivity index (χ4v) is 4.74. The van der Waals surface area contributed by atoms with Crippen molar-refractivity contribution in [3.05, 3.63) is 10.6 Å². The van der Waals surface area contributed by atoms with Gasteiger partial charge in [0.05, 0.1) is 18.8 Å². The fraction of sp³-hybridized carbons (Fsp3) is 0.714. The van der Waals surface area contributed by atoms with E-state index < -0.39 is 0 Å². The van der Waals surface area contributed by atoms with E-state index in [4.69, 9.17) is 4.74 Å². The van der Waals surface area contributed by atoms with Crippen LogP contribution in [0.5, 0.6) is 0 Å². The first-order valence-electron chi connectivity index (χ1n) is 7.24. The number of morpholine rings is 1. The van der Waals surface area contributed by atoms with Crippen LogP contribution in [0.3, 0.4) is 0 Å². The van der Waals surface area contributed by atoms with Gasteiger partial charge in [-0.3, -0.25) is 4.79 Å². The highest BCUT2D eigenvalue weighted by atomic mass is 32.1. The number of rotatable bonds is 1. The second-order valence-electron chi connectivity index (χ2n) is 5.65. The maximum absolute atomic E-state index is 11.9. The number of ketones is 1. The Balaban J connectivity index is 1.66. The van der Waals surface area contributed by atoms with Crippen molar-refractivity contribution < 1.29 is 9.53 Å². The highest BCUT2D eigenvalue weighted by Crippen LogP contribution is 2.37. The zero-order valence-corrected chi connectivity index (χ0v) is 11.7. The number of hydrogen-bond donors (Lipinski definition) is 0. The quantitative estimate of drug-likeness (QED) is 0.791. The second-order valence-corrected chi connectivity index (χ2v) is 6.71. The smallest absolute Gasteiger partial charge is 0.186 e. The Kier molecular flexibility index (Phi) is 2.84. The van der Waals surface area contributed by atoms with Crippen molar-refractivity contribution in [1.82, 2.24) is 4.98 Å². The lowest BCUT2D eigenvalue weighted by Crippen LogP contribution is -2.48. The molecule has 0 amide bonds. The topological polar surface area (TPSA) is 42.4 Å². The van der Waals surface area contributed by atoms with Crippen molar-refractivity contribution in [2.45, 2.75) is 50.7 Å². The molecule has 2 fully saturated rings. The number of Topliss-reactive ketones (excluding diaryl/α,β-unsaturated/α-hetero) is 1. The van der Waals surface area contributed by atoms with E-state index >= 15 is 0 Å². The van der Waals surface area contributed by atoms with E-state index in [-0.39, 0.29) is 5.78 Å². The van der Waals surface area contributed by atoms with Crippen LogP contribution in [0.2, 0.25) is 0 Å². The molecule has 0 N–H and O–H groups in total. The molecule has 1 aliphatic heterocycles. The van der Waals surface area contributed by atoms with Crippen molar-refractivity contribution in [3.8, 4) is 0 Å². The fourth-order valence-electron chi connectivity index (χ4n) is 3.54. The van der Waals surface area contributed by atoms with Crippen LogP contribution in [0.4, 0.5) is 5.13 Å². The van der Waals surface area contributed by atoms with E-state index in [0.717, 1.165) is 36.8 Å². The van der Waals surface area contributed by atoms with E-state index in [1.54, 1.807) is 11.3 Å². The van der Waals surface area contributed by atoms with Crippen molar-refractivity contribution in [2.75, 3.05) is 18.1 Å². The Morgan fingerprint density at radius 3 is 3.11 bits per heavy atom. The maximum atomic E-state index is 11.9. The molecule has 5 heteroatoms. The summed E-state index contributed by atoms with van der Waals surface area (Å²) in [7, 11) is 0. The third-order valence-corrected chi connectivity index (χ3v) is 5.64. The van der Waals surface area contributed by atoms with Gasteiger partial charge in [-0.05, 0) is 32.1 Å². The van der Waals surface area contributed by atoms with E-state index in [1.807, 2.05) is 0 Å². The van der Waals surface area contributed by atoms with Gasteiger partial charge >= 0.3 is 0 Å². The molecule has 0 radical (unpaired) electrons. The van der Waals surface area contributed by atoms with E-state index in [1.165, 1.54) is 24.1 Å². The first-order valence-corrected chi connectivity index (χ1v) is 8.06. The minimum Gasteiger partial charge on any atom is -0.374 e. The Hall–Kier alpha value is -0.940. The monoisotopic (exact) mass is 278 g/mol. The number of anilines is 1. The number of fused-ring (bicyclic) bond motifs is 2. The van der Waals surface area contributed by atoms with Crippen molar-refractivity contribution in [2.24, 2.45) is 0 Å². The Bertz CT molecular complexity index is 514. The highest BCUT2D eigenvalue weighted by Gasteiger charge is 2.38. The van der Waals surface area contributed by atoms with Crippen molar-refractivity contribution >= 4 is 22.3 Å². The molecule has 1 aromatic heterocycles. The zero-order valence-electron chi connectivity index (χ0n) is 10.9. The van der Waals surface area contributed by atoms with Crippen LogP contribution >= 0.6 is 11.3 Å². The van der Waals surface area contributed by atoms with Gasteiger partial charge in [0, 0.05) is 17.8 Å². The standard InChI is InChI=1S/C14H18N2O2S/c17-10-4-2-6-12-13(10)15-14(19-12)16-7-8-18-11-5-1-3-9(11)16/h9,11H,1-8H2. The molecule has 4 nitrogen and oxygen atoms in total. The molecular formula is C14H18N2O2S. The number of carbonyl (C=O) groups excluding carboxylic acids is 1. The summed E-state index contributed by atoms with van der Waals surface area (Å²) < 4.78 is 5.85. The van der Waals surface area contributed by atoms with Gasteiger partial charge in [0.1, 0.15) is 5.69 Å². The summed E-state index contributed by atoms with van der Waals surface area (Å²) >= 11 is 1.73. The number of ether oxygens (including phenoxy) is 1. The van der Waals surface area contributed by atoms with Crippen LogP contribution in [-0.4, -0.2) is 36.1 Å². The second kappa shape index (κ2) is 4.56. The lowest BCUT2D eigenvalue weighted by atomic mass is 10.0. The number of aryl methyl sites for hydroxylation is 1. The van der Waals surface area contributed by atoms with E-state index in [0.29, 0.717) is 18.6 Å². The first kappa shape index (κ1) is 11.9. The number of carbonyl (C=O) groups is 1. The lowest BCUT2D eigenvalue weighted by molar-refractivity contribution is 0.0256. The summed E-state index contributed by atoms with van der Waals surface area (Å²) in [5, 5.41) is 1.06. The van der Waals surface area contributed by atoms with Gasteiger partial charge in [-0.25, -0.2) is 4.98 Å². The number of nitrogens with zero attached hydrogens (tertiary/aromatic N) is 2. The van der Waals surface area contributed by atoms with Gasteiger partial charge in [0.15, 0.2) is 10.9 Å². The van der Waals surface area contributed by atoms with Crippen molar-refractivity contribution in [3.63, 3.8) is 0 Å². The van der Waals surface area contributed by atoms with Gasteiger partial charge in [-0.1, -0.05) is 0 Å². The van der Waals surface area contributed by atoms with E-state index in [2.05, 4.69) is 9.88 Å². The maximum Gasteiger partial charge on any atom is 0.186 e. The van der Waals surface area contributed by atoms with Gasteiger partial charge in [-0.2, -0.15) is 0 Å². The summed E-state index contributed by atoms with van der Waals surface area (Å²) in [4.78, 5) is 20.2. The molecule has 1 saturated heterocycles. The van der Waals surface area contributed by atoms with Crippen LogP contribution in [0.1, 0.15) is 47.5 Å². The summed E-state index contributed by atoms with van der Waals surface area (Å²) in [6, 6.07) is 0.483. The first-order chi connectivity index (χ1) is 9.33. The molecule has 2 unspecified atom stereocenters. The van der Waals surface area contributed by atoms with Crippen molar-refractivity contribution in [1.29, 1.82) is 0 Å². The molecular weight excluding hydrogens is 260 g/mol. The van der Waals surface area contributed by atoms with Crippen LogP contribution < -0.4 is 4.90 Å². The number of hydrogen-bond acceptors (Lipinski definition) is 5. The summed E-state index contributed by atoms with van der Waals surface area (Å²) in [6.07, 6.45) is 6.68. The Morgan fingerprint density at radius 1 is 1.26 bits per heavy atom. The molecule has 0 bridgehead atoms. The van der Waals surface area contributed by atoms with Crippen LogP contribution in [0.25, 0.3) is 0 Å². The normalized spacial score (nSPS) is 30.3. The van der Waals surface area contributed by atoms with Crippen LogP contribution in [0, 0.1) is 0 Å². The summed E-state index contributed by atoms with van der Waals surface area (Å²) in [5.41, 5.74) is 0.757. The third-order valence-electron chi connectivity index (χ3n) is 4.49. The molecule has 2 atom stereocenters. The highest BCUT2D eigenvalue weighted by molar-refractivity contribution is 7.16. The molecule has 0 spiro atoms. The molecule has 2 heterocycles. The number of aromatic nitrogens is 1. The van der Waals surface area contributed by atoms with E-state index in [9.17, 15) is 4.79 Å². The average molecular weight is 278 g/mol.